The van der Waals surface area contributed by atoms with E-state index >= 15 is 0 Å². The average molecular weight is 250 g/mol. The van der Waals surface area contributed by atoms with E-state index in [-0.39, 0.29) is 6.10 Å². The van der Waals surface area contributed by atoms with E-state index in [1.54, 1.807) is 0 Å². The molecule has 0 unspecified atom stereocenters. The van der Waals surface area contributed by atoms with Crippen LogP contribution in [0.1, 0.15) is 25.3 Å². The summed E-state index contributed by atoms with van der Waals surface area (Å²) in [6.07, 6.45) is 1.91. The topological polar surface area (TPSA) is 29.5 Å². The van der Waals surface area contributed by atoms with Gasteiger partial charge in [0.15, 0.2) is 8.32 Å². The summed E-state index contributed by atoms with van der Waals surface area (Å²) in [6, 6.07) is 10.8. The lowest BCUT2D eigenvalue weighted by molar-refractivity contribution is -0.0232. The van der Waals surface area contributed by atoms with Crippen LogP contribution in [0.2, 0.25) is 19.1 Å². The molecule has 1 saturated heterocycles. The van der Waals surface area contributed by atoms with Crippen LogP contribution >= 0.6 is 0 Å². The number of rotatable bonds is 2. The molecule has 94 valence electrons. The number of hydrogen-bond acceptors (Lipinski definition) is 2. The lowest BCUT2D eigenvalue weighted by atomic mass is 9.89. The highest BCUT2D eigenvalue weighted by atomic mass is 28.4. The Morgan fingerprint density at radius 1 is 1.35 bits per heavy atom. The molecule has 1 aliphatic heterocycles. The molecule has 0 aliphatic carbocycles. The fourth-order valence-electron chi connectivity index (χ4n) is 2.88. The van der Waals surface area contributed by atoms with Gasteiger partial charge < -0.3 is 9.53 Å². The first-order chi connectivity index (χ1) is 7.95. The van der Waals surface area contributed by atoms with E-state index in [0.717, 1.165) is 24.4 Å². The predicted molar refractivity (Wildman–Crippen MR) is 72.4 cm³/mol. The second-order valence-corrected chi connectivity index (χ2v) is 9.79. The molecule has 1 aliphatic rings. The van der Waals surface area contributed by atoms with Crippen LogP contribution in [-0.2, 0) is 10.0 Å². The van der Waals surface area contributed by atoms with Crippen molar-refractivity contribution in [2.45, 2.75) is 50.6 Å². The standard InChI is InChI=1S/C14H22O2Si/c1-4-13-10-14(15,11-17(2,3)16-13)12-8-6-5-7-9-12/h5-9,13,15H,4,10-11H2,1-3H3/t13-,14+/m0/s1. The Labute approximate surface area is 105 Å². The molecule has 1 fully saturated rings. The molecule has 1 aromatic carbocycles. The van der Waals surface area contributed by atoms with Crippen LogP contribution in [0.4, 0.5) is 0 Å². The van der Waals surface area contributed by atoms with E-state index in [4.69, 9.17) is 4.43 Å². The van der Waals surface area contributed by atoms with Crippen LogP contribution in [0.15, 0.2) is 30.3 Å². The van der Waals surface area contributed by atoms with Gasteiger partial charge in [-0.25, -0.2) is 0 Å². The average Bonchev–Trinajstić information content (AvgIpc) is 2.28. The quantitative estimate of drug-likeness (QED) is 0.816. The summed E-state index contributed by atoms with van der Waals surface area (Å²) in [5, 5.41) is 10.9. The maximum Gasteiger partial charge on any atom is 0.190 e. The van der Waals surface area contributed by atoms with Gasteiger partial charge in [-0.15, -0.1) is 0 Å². The van der Waals surface area contributed by atoms with Crippen molar-refractivity contribution in [2.24, 2.45) is 0 Å². The summed E-state index contributed by atoms with van der Waals surface area (Å²) in [4.78, 5) is 0. The van der Waals surface area contributed by atoms with Crippen LogP contribution in [-0.4, -0.2) is 19.5 Å². The molecule has 2 rings (SSSR count). The van der Waals surface area contributed by atoms with Gasteiger partial charge >= 0.3 is 0 Å². The van der Waals surface area contributed by atoms with Gasteiger partial charge in [-0.3, -0.25) is 0 Å². The number of benzene rings is 1. The minimum atomic E-state index is -1.74. The zero-order valence-corrected chi connectivity index (χ0v) is 11.9. The van der Waals surface area contributed by atoms with Crippen molar-refractivity contribution in [1.29, 1.82) is 0 Å². The molecular weight excluding hydrogens is 228 g/mol. The van der Waals surface area contributed by atoms with Crippen LogP contribution < -0.4 is 0 Å². The first-order valence-corrected chi connectivity index (χ1v) is 9.52. The molecule has 1 aromatic rings. The lowest BCUT2D eigenvalue weighted by Crippen LogP contribution is -2.50. The molecule has 0 saturated carbocycles. The Balaban J connectivity index is 2.30. The van der Waals surface area contributed by atoms with Crippen molar-refractivity contribution < 1.29 is 9.53 Å². The lowest BCUT2D eigenvalue weighted by Gasteiger charge is -2.44. The smallest absolute Gasteiger partial charge is 0.190 e. The summed E-state index contributed by atoms with van der Waals surface area (Å²) in [5.74, 6) is 0. The second kappa shape index (κ2) is 4.56. The van der Waals surface area contributed by atoms with Gasteiger partial charge in [0.2, 0.25) is 0 Å². The Hall–Kier alpha value is -0.643. The molecule has 1 heterocycles. The predicted octanol–water partition coefficient (Wildman–Crippen LogP) is 3.28. The largest absolute Gasteiger partial charge is 0.414 e. The minimum Gasteiger partial charge on any atom is -0.414 e. The second-order valence-electron chi connectivity index (χ2n) is 5.69. The van der Waals surface area contributed by atoms with E-state index in [2.05, 4.69) is 20.0 Å². The van der Waals surface area contributed by atoms with Gasteiger partial charge in [-0.05, 0) is 31.1 Å². The highest BCUT2D eigenvalue weighted by Gasteiger charge is 2.45. The molecule has 1 N–H and O–H groups in total. The molecule has 2 atom stereocenters. The first-order valence-electron chi connectivity index (χ1n) is 6.41. The third-order valence-electron chi connectivity index (χ3n) is 3.54. The fourth-order valence-corrected chi connectivity index (χ4v) is 5.88. The van der Waals surface area contributed by atoms with Gasteiger partial charge in [-0.2, -0.15) is 0 Å². The normalized spacial score (nSPS) is 32.4. The molecule has 0 spiro atoms. The monoisotopic (exact) mass is 250 g/mol. The molecule has 2 nitrogen and oxygen atoms in total. The van der Waals surface area contributed by atoms with Crippen molar-refractivity contribution in [3.8, 4) is 0 Å². The highest BCUT2D eigenvalue weighted by Crippen LogP contribution is 2.41. The fraction of sp³-hybridized carbons (Fsp3) is 0.571. The van der Waals surface area contributed by atoms with E-state index in [0.29, 0.717) is 0 Å². The van der Waals surface area contributed by atoms with E-state index < -0.39 is 13.9 Å². The maximum atomic E-state index is 10.9. The number of hydrogen-bond donors (Lipinski definition) is 1. The highest BCUT2D eigenvalue weighted by molar-refractivity contribution is 6.71. The van der Waals surface area contributed by atoms with Crippen molar-refractivity contribution in [3.05, 3.63) is 35.9 Å². The van der Waals surface area contributed by atoms with Gasteiger partial charge in [0.25, 0.3) is 0 Å². The van der Waals surface area contributed by atoms with E-state index in [1.807, 2.05) is 30.3 Å². The molecule has 0 aromatic heterocycles. The molecule has 3 heteroatoms. The van der Waals surface area contributed by atoms with Crippen LogP contribution in [0, 0.1) is 0 Å². The van der Waals surface area contributed by atoms with Gasteiger partial charge in [0.05, 0.1) is 5.60 Å². The van der Waals surface area contributed by atoms with Gasteiger partial charge in [0, 0.05) is 12.5 Å². The van der Waals surface area contributed by atoms with Gasteiger partial charge in [0.1, 0.15) is 0 Å². The van der Waals surface area contributed by atoms with Crippen molar-refractivity contribution >= 4 is 8.32 Å². The van der Waals surface area contributed by atoms with Crippen LogP contribution in [0.3, 0.4) is 0 Å². The molecule has 17 heavy (non-hydrogen) atoms. The Kier molecular flexibility index (Phi) is 3.43. The first kappa shape index (κ1) is 12.8. The molecular formula is C14H22O2Si. The Bertz CT molecular complexity index is 377. The third kappa shape index (κ3) is 2.79. The Morgan fingerprint density at radius 3 is 2.59 bits per heavy atom. The molecule has 0 radical (unpaired) electrons. The summed E-state index contributed by atoms with van der Waals surface area (Å²) >= 11 is 0. The minimum absolute atomic E-state index is 0.204. The third-order valence-corrected chi connectivity index (χ3v) is 5.94. The zero-order chi connectivity index (χ0) is 12.5. The van der Waals surface area contributed by atoms with Gasteiger partial charge in [-0.1, -0.05) is 37.3 Å². The summed E-state index contributed by atoms with van der Waals surface area (Å²) in [5.41, 5.74) is 0.359. The number of aliphatic hydroxyl groups is 1. The van der Waals surface area contributed by atoms with Crippen molar-refractivity contribution in [2.75, 3.05) is 0 Å². The summed E-state index contributed by atoms with van der Waals surface area (Å²) in [7, 11) is -1.74. The summed E-state index contributed by atoms with van der Waals surface area (Å²) < 4.78 is 6.12. The van der Waals surface area contributed by atoms with E-state index in [9.17, 15) is 5.11 Å². The maximum absolute atomic E-state index is 10.9. The SMILES string of the molecule is CC[C@H]1C[C@](O)(c2ccccc2)C[Si](C)(C)O1. The zero-order valence-electron chi connectivity index (χ0n) is 10.9. The van der Waals surface area contributed by atoms with E-state index in [1.165, 1.54) is 0 Å². The van der Waals surface area contributed by atoms with Crippen LogP contribution in [0.25, 0.3) is 0 Å². The van der Waals surface area contributed by atoms with Crippen molar-refractivity contribution in [1.82, 2.24) is 0 Å². The van der Waals surface area contributed by atoms with Crippen molar-refractivity contribution in [3.63, 3.8) is 0 Å². The summed E-state index contributed by atoms with van der Waals surface area (Å²) in [6.45, 7) is 6.53. The Morgan fingerprint density at radius 2 is 2.00 bits per heavy atom. The van der Waals surface area contributed by atoms with Crippen LogP contribution in [0.5, 0.6) is 0 Å². The molecule has 0 bridgehead atoms. The molecule has 0 amide bonds.